The van der Waals surface area contributed by atoms with Crippen molar-refractivity contribution in [2.75, 3.05) is 23.6 Å². The summed E-state index contributed by atoms with van der Waals surface area (Å²) in [6.07, 6.45) is 7.21. The molecule has 182 valence electrons. The van der Waals surface area contributed by atoms with Crippen molar-refractivity contribution in [3.05, 3.63) is 64.6 Å². The molecule has 0 spiro atoms. The van der Waals surface area contributed by atoms with Crippen LogP contribution in [0.5, 0.6) is 0 Å². The van der Waals surface area contributed by atoms with Crippen molar-refractivity contribution >= 4 is 40.3 Å². The van der Waals surface area contributed by atoms with Crippen molar-refractivity contribution in [1.82, 2.24) is 0 Å². The highest BCUT2D eigenvalue weighted by Crippen LogP contribution is 2.39. The van der Waals surface area contributed by atoms with Crippen molar-refractivity contribution in [1.29, 1.82) is 5.26 Å². The lowest BCUT2D eigenvalue weighted by Crippen LogP contribution is -2.42. The Balaban J connectivity index is 2.34. The molecule has 1 aliphatic rings. The number of carbonyl (C=O) groups excluding carboxylic acids is 1. The fourth-order valence-corrected chi connectivity index (χ4v) is 4.70. The Hall–Kier alpha value is -2.51. The van der Waals surface area contributed by atoms with E-state index in [4.69, 9.17) is 5.26 Å². The number of alkyl halides is 4. The molecule has 1 aromatic rings. The largest absolute Gasteiger partial charge is 0.417 e. The number of amidine groups is 1. The summed E-state index contributed by atoms with van der Waals surface area (Å²) in [5.41, 5.74) is -2.80. The van der Waals surface area contributed by atoms with E-state index in [9.17, 15) is 22.4 Å². The van der Waals surface area contributed by atoms with Gasteiger partial charge in [-0.3, -0.25) is 14.1 Å². The highest BCUT2D eigenvalue weighted by molar-refractivity contribution is 8.13. The summed E-state index contributed by atoms with van der Waals surface area (Å²) in [5.74, 6) is -0.194. The molecular formula is C24H25F4N3OS2. The number of thioether (sulfide) groups is 2. The zero-order valence-corrected chi connectivity index (χ0v) is 20.7. The summed E-state index contributed by atoms with van der Waals surface area (Å²) in [6, 6.07) is 4.74. The molecule has 0 aromatic heterocycles. The topological polar surface area (TPSA) is 56.5 Å². The molecule has 0 aliphatic carbocycles. The second-order valence-electron chi connectivity index (χ2n) is 7.43. The molecule has 1 aliphatic heterocycles. The van der Waals surface area contributed by atoms with Gasteiger partial charge in [-0.25, -0.2) is 4.99 Å². The van der Waals surface area contributed by atoms with Gasteiger partial charge in [0, 0.05) is 10.7 Å². The maximum atomic E-state index is 13.5. The van der Waals surface area contributed by atoms with Gasteiger partial charge in [0.15, 0.2) is 5.17 Å². The summed E-state index contributed by atoms with van der Waals surface area (Å²) < 4.78 is 52.7. The average Bonchev–Trinajstić information content (AvgIpc) is 3.07. The standard InChI is InChI=1S/C24H25F4N3OS2/c1-4-5-9-19(10-7-6-8-13-25)34-16-23(2)21(32)31(22(30-23)33-3)18-12-11-17(15-29)20(14-18)24(26,27)28/h5-7,9-12,14H,4,8,13,16H2,1-3H3. The number of halogens is 4. The maximum absolute atomic E-state index is 13.5. The van der Waals surface area contributed by atoms with Gasteiger partial charge >= 0.3 is 6.18 Å². The normalized spacial score (nSPS) is 19.4. The molecule has 0 saturated heterocycles. The lowest BCUT2D eigenvalue weighted by Gasteiger charge is -2.23. The number of rotatable bonds is 9. The molecule has 1 amide bonds. The van der Waals surface area contributed by atoms with E-state index in [1.54, 1.807) is 31.4 Å². The second-order valence-corrected chi connectivity index (χ2v) is 9.25. The van der Waals surface area contributed by atoms with E-state index in [-0.39, 0.29) is 16.6 Å². The van der Waals surface area contributed by atoms with Gasteiger partial charge in [-0.2, -0.15) is 18.4 Å². The molecule has 0 N–H and O–H groups in total. The van der Waals surface area contributed by atoms with Crippen molar-refractivity contribution < 1.29 is 22.4 Å². The first kappa shape index (κ1) is 27.7. The van der Waals surface area contributed by atoms with Crippen LogP contribution in [0, 0.1) is 11.3 Å². The molecule has 1 aromatic carbocycles. The third-order valence-corrected chi connectivity index (χ3v) is 6.73. The molecule has 1 atom stereocenters. The van der Waals surface area contributed by atoms with Gasteiger partial charge in [0.25, 0.3) is 5.91 Å². The fourth-order valence-electron chi connectivity index (χ4n) is 3.03. The SMILES string of the molecule is CCC=CC(=CC=CCCF)SCC1(C)N=C(SC)N(c2ccc(C#N)c(C(F)(F)F)c2)C1=O. The Morgan fingerprint density at radius 1 is 1.32 bits per heavy atom. The van der Waals surface area contributed by atoms with Gasteiger partial charge in [-0.1, -0.05) is 43.0 Å². The summed E-state index contributed by atoms with van der Waals surface area (Å²) in [5, 5.41) is 9.33. The highest BCUT2D eigenvalue weighted by atomic mass is 32.2. The Morgan fingerprint density at radius 3 is 2.65 bits per heavy atom. The molecule has 0 radical (unpaired) electrons. The summed E-state index contributed by atoms with van der Waals surface area (Å²) >= 11 is 2.54. The van der Waals surface area contributed by atoms with Crippen molar-refractivity contribution in [2.45, 2.75) is 38.4 Å². The first-order chi connectivity index (χ1) is 16.1. The van der Waals surface area contributed by atoms with Crippen LogP contribution in [-0.4, -0.2) is 35.3 Å². The Kier molecular flexibility index (Phi) is 10.0. The van der Waals surface area contributed by atoms with E-state index in [1.807, 2.05) is 25.2 Å². The number of anilines is 1. The predicted molar refractivity (Wildman–Crippen MR) is 133 cm³/mol. The van der Waals surface area contributed by atoms with Crippen LogP contribution in [0.15, 0.2) is 58.5 Å². The maximum Gasteiger partial charge on any atom is 0.417 e. The number of allylic oxidation sites excluding steroid dienone is 5. The van der Waals surface area contributed by atoms with Gasteiger partial charge in [0.2, 0.25) is 0 Å². The summed E-state index contributed by atoms with van der Waals surface area (Å²) in [4.78, 5) is 20.0. The zero-order valence-electron chi connectivity index (χ0n) is 19.0. The number of nitrogens with zero attached hydrogens (tertiary/aromatic N) is 3. The van der Waals surface area contributed by atoms with E-state index in [2.05, 4.69) is 4.99 Å². The minimum absolute atomic E-state index is 0.00829. The number of hydrogen-bond donors (Lipinski definition) is 0. The second kappa shape index (κ2) is 12.3. The van der Waals surface area contributed by atoms with E-state index < -0.39 is 35.4 Å². The quantitative estimate of drug-likeness (QED) is 0.267. The van der Waals surface area contributed by atoms with Gasteiger partial charge in [-0.15, -0.1) is 11.8 Å². The Morgan fingerprint density at radius 2 is 2.06 bits per heavy atom. The summed E-state index contributed by atoms with van der Waals surface area (Å²) in [7, 11) is 0. The number of benzene rings is 1. The number of aliphatic imine (C=N–C) groups is 1. The van der Waals surface area contributed by atoms with Crippen molar-refractivity contribution in [2.24, 2.45) is 4.99 Å². The van der Waals surface area contributed by atoms with Crippen LogP contribution in [0.1, 0.15) is 37.8 Å². The first-order valence-electron chi connectivity index (χ1n) is 10.4. The van der Waals surface area contributed by atoms with Gasteiger partial charge in [0.05, 0.1) is 29.6 Å². The lowest BCUT2D eigenvalue weighted by molar-refractivity contribution is -0.137. The van der Waals surface area contributed by atoms with Gasteiger partial charge in [-0.05, 0) is 50.3 Å². The van der Waals surface area contributed by atoms with Crippen LogP contribution in [0.25, 0.3) is 0 Å². The number of amides is 1. The number of nitriles is 1. The minimum Gasteiger partial charge on any atom is -0.271 e. The average molecular weight is 512 g/mol. The number of carbonyl (C=O) groups is 1. The third-order valence-electron chi connectivity index (χ3n) is 4.78. The first-order valence-corrected chi connectivity index (χ1v) is 12.6. The van der Waals surface area contributed by atoms with Crippen LogP contribution in [-0.2, 0) is 11.0 Å². The van der Waals surface area contributed by atoms with Crippen LogP contribution >= 0.6 is 23.5 Å². The van der Waals surface area contributed by atoms with Crippen molar-refractivity contribution in [3.63, 3.8) is 0 Å². The number of hydrogen-bond acceptors (Lipinski definition) is 5. The smallest absolute Gasteiger partial charge is 0.271 e. The van der Waals surface area contributed by atoms with E-state index in [1.165, 1.54) is 22.7 Å². The van der Waals surface area contributed by atoms with E-state index in [0.717, 1.165) is 35.2 Å². The lowest BCUT2D eigenvalue weighted by atomic mass is 10.0. The van der Waals surface area contributed by atoms with Crippen molar-refractivity contribution in [3.8, 4) is 6.07 Å². The minimum atomic E-state index is -4.74. The molecule has 1 heterocycles. The molecule has 0 bridgehead atoms. The van der Waals surface area contributed by atoms with Gasteiger partial charge in [0.1, 0.15) is 5.54 Å². The predicted octanol–water partition coefficient (Wildman–Crippen LogP) is 6.90. The van der Waals surface area contributed by atoms with Crippen LogP contribution < -0.4 is 4.90 Å². The molecule has 2 rings (SSSR count). The zero-order chi connectivity index (χ0) is 25.4. The Labute approximate surface area is 205 Å². The molecule has 0 saturated carbocycles. The van der Waals surface area contributed by atoms with E-state index >= 15 is 0 Å². The molecule has 0 fully saturated rings. The summed E-state index contributed by atoms with van der Waals surface area (Å²) in [6.45, 7) is 3.18. The van der Waals surface area contributed by atoms with Crippen LogP contribution in [0.2, 0.25) is 0 Å². The van der Waals surface area contributed by atoms with Crippen LogP contribution in [0.4, 0.5) is 23.2 Å². The van der Waals surface area contributed by atoms with E-state index in [0.29, 0.717) is 6.42 Å². The molecule has 10 heteroatoms. The van der Waals surface area contributed by atoms with Gasteiger partial charge < -0.3 is 0 Å². The third kappa shape index (κ3) is 6.76. The fraction of sp³-hybridized carbons (Fsp3) is 0.375. The molecular weight excluding hydrogens is 486 g/mol. The van der Waals surface area contributed by atoms with Crippen LogP contribution in [0.3, 0.4) is 0 Å². The molecule has 1 unspecified atom stereocenters. The Bertz CT molecular complexity index is 1060. The highest BCUT2D eigenvalue weighted by Gasteiger charge is 2.46. The molecule has 4 nitrogen and oxygen atoms in total. The molecule has 34 heavy (non-hydrogen) atoms. The monoisotopic (exact) mass is 511 g/mol.